The Kier molecular flexibility index (Phi) is 7.07. The average molecular weight is 452 g/mol. The van der Waals surface area contributed by atoms with Gasteiger partial charge < -0.3 is 25.0 Å². The molecule has 0 fully saturated rings. The predicted octanol–water partition coefficient (Wildman–Crippen LogP) is 1.48. The van der Waals surface area contributed by atoms with Crippen molar-refractivity contribution in [2.45, 2.75) is 19.0 Å². The number of nitrogens with zero attached hydrogens (tertiary/aromatic N) is 3. The molecule has 33 heavy (non-hydrogen) atoms. The fraction of sp³-hybridized carbons (Fsp3) is 0.261. The van der Waals surface area contributed by atoms with E-state index in [-0.39, 0.29) is 17.8 Å². The third-order valence-corrected chi connectivity index (χ3v) is 4.96. The van der Waals surface area contributed by atoms with Gasteiger partial charge >= 0.3 is 12.1 Å². The van der Waals surface area contributed by atoms with E-state index in [4.69, 9.17) is 4.74 Å². The summed E-state index contributed by atoms with van der Waals surface area (Å²) in [6, 6.07) is 8.83. The molecule has 1 heterocycles. The van der Waals surface area contributed by atoms with Gasteiger partial charge in [0, 0.05) is 46.5 Å². The van der Waals surface area contributed by atoms with E-state index < -0.39 is 29.0 Å². The number of carboxylic acids is 1. The van der Waals surface area contributed by atoms with Crippen molar-refractivity contribution >= 4 is 23.4 Å². The molecular weight excluding hydrogens is 428 g/mol. The van der Waals surface area contributed by atoms with Crippen LogP contribution in [0.2, 0.25) is 0 Å². The van der Waals surface area contributed by atoms with Crippen LogP contribution in [0.25, 0.3) is 0 Å². The van der Waals surface area contributed by atoms with Crippen LogP contribution < -0.4 is 25.8 Å². The number of benzene rings is 1. The summed E-state index contributed by atoms with van der Waals surface area (Å²) in [5.41, 5.74) is 0.184. The number of anilines is 2. The first-order chi connectivity index (χ1) is 15.7. The highest BCUT2D eigenvalue weighted by atomic mass is 16.6. The average Bonchev–Trinajstić information content (AvgIpc) is 2.79. The van der Waals surface area contributed by atoms with Gasteiger partial charge in [-0.2, -0.15) is 0 Å². The van der Waals surface area contributed by atoms with E-state index in [1.54, 1.807) is 68.8 Å². The summed E-state index contributed by atoms with van der Waals surface area (Å²) >= 11 is 0. The maximum absolute atomic E-state index is 12.2. The molecule has 0 aliphatic heterocycles. The molecule has 0 aliphatic rings. The molecule has 2 N–H and O–H groups in total. The number of carbonyl (C=O) groups is 2. The van der Waals surface area contributed by atoms with Crippen molar-refractivity contribution in [2.24, 2.45) is 0 Å². The quantitative estimate of drug-likeness (QED) is 0.464. The van der Waals surface area contributed by atoms with Crippen LogP contribution in [-0.2, 0) is 17.8 Å². The zero-order valence-electron chi connectivity index (χ0n) is 18.4. The molecule has 0 aliphatic carbocycles. The maximum atomic E-state index is 12.2. The van der Waals surface area contributed by atoms with Gasteiger partial charge in [0.1, 0.15) is 23.2 Å². The van der Waals surface area contributed by atoms with Gasteiger partial charge in [-0.25, -0.2) is 9.59 Å². The molecule has 0 bridgehead atoms. The summed E-state index contributed by atoms with van der Waals surface area (Å²) in [5, 5.41) is 12.4. The largest absolute Gasteiger partial charge is 0.480 e. The van der Waals surface area contributed by atoms with Crippen LogP contribution in [-0.4, -0.2) is 54.2 Å². The molecule has 172 valence electrons. The van der Waals surface area contributed by atoms with Crippen LogP contribution >= 0.6 is 0 Å². The van der Waals surface area contributed by atoms with Crippen molar-refractivity contribution in [1.29, 1.82) is 0 Å². The van der Waals surface area contributed by atoms with Crippen LogP contribution in [0.15, 0.2) is 58.4 Å². The molecule has 10 heteroatoms. The molecule has 1 amide bonds. The molecular formula is C23H24N4O6. The number of pyridine rings is 1. The molecule has 0 radical (unpaired) electrons. The normalized spacial score (nSPS) is 11.6. The number of ether oxygens (including phenoxy) is 1. The lowest BCUT2D eigenvalue weighted by Gasteiger charge is -2.25. The number of carbonyl (C=O) groups excluding carboxylic acids is 1. The summed E-state index contributed by atoms with van der Waals surface area (Å²) in [6.07, 6.45) is 2.79. The van der Waals surface area contributed by atoms with Crippen molar-refractivity contribution in [3.8, 4) is 5.75 Å². The van der Waals surface area contributed by atoms with Crippen molar-refractivity contribution in [3.05, 3.63) is 80.4 Å². The number of carboxylic acid groups (broad SMARTS) is 1. The fourth-order valence-electron chi connectivity index (χ4n) is 3.22. The van der Waals surface area contributed by atoms with Crippen LogP contribution in [0.3, 0.4) is 0 Å². The van der Waals surface area contributed by atoms with Gasteiger partial charge in [0.2, 0.25) is 0 Å². The zero-order chi connectivity index (χ0) is 24.1. The van der Waals surface area contributed by atoms with Gasteiger partial charge in [-0.1, -0.05) is 18.2 Å². The van der Waals surface area contributed by atoms with Crippen molar-refractivity contribution < 1.29 is 19.4 Å². The molecule has 1 atom stereocenters. The molecule has 0 saturated heterocycles. The van der Waals surface area contributed by atoms with Crippen LogP contribution in [0.5, 0.6) is 5.75 Å². The minimum Gasteiger partial charge on any atom is -0.480 e. The lowest BCUT2D eigenvalue weighted by molar-refractivity contribution is -0.137. The van der Waals surface area contributed by atoms with Gasteiger partial charge in [0.05, 0.1) is 0 Å². The van der Waals surface area contributed by atoms with Crippen LogP contribution in [0, 0.1) is 0 Å². The van der Waals surface area contributed by atoms with E-state index in [0.717, 1.165) is 5.56 Å². The number of amides is 1. The van der Waals surface area contributed by atoms with Crippen molar-refractivity contribution in [3.63, 3.8) is 0 Å². The molecule has 0 spiro atoms. The summed E-state index contributed by atoms with van der Waals surface area (Å²) in [6.45, 7) is 0.332. The maximum Gasteiger partial charge on any atom is 0.414 e. The number of aliphatic carboxylic acids is 1. The standard InChI is InChI=1S/C23H24N4O6/c1-26(2)23(32)33-16-8-6-14(7-9-16)11-17(22(30)31)25-18-19(21(29)20(18)28)27(3)13-15-5-4-10-24-12-15/h4-10,12,17,25H,11,13H2,1-3H3,(H,30,31). The second-order valence-electron chi connectivity index (χ2n) is 7.74. The SMILES string of the molecule is CN(C)C(=O)Oc1ccc(CC(Nc2c(N(C)Cc3cccnc3)c(=O)c2=O)C(=O)O)cc1. The fourth-order valence-corrected chi connectivity index (χ4v) is 3.22. The molecule has 3 aromatic rings. The number of hydrogen-bond acceptors (Lipinski definition) is 8. The third kappa shape index (κ3) is 5.53. The van der Waals surface area contributed by atoms with E-state index in [9.17, 15) is 24.3 Å². The first-order valence-corrected chi connectivity index (χ1v) is 10.1. The number of nitrogens with one attached hydrogen (secondary N) is 1. The number of hydrogen-bond donors (Lipinski definition) is 2. The molecule has 1 aromatic heterocycles. The zero-order valence-corrected chi connectivity index (χ0v) is 18.4. The Morgan fingerprint density at radius 1 is 1.06 bits per heavy atom. The van der Waals surface area contributed by atoms with E-state index >= 15 is 0 Å². The van der Waals surface area contributed by atoms with E-state index in [0.29, 0.717) is 17.9 Å². The van der Waals surface area contributed by atoms with Crippen molar-refractivity contribution in [2.75, 3.05) is 31.4 Å². The summed E-state index contributed by atoms with van der Waals surface area (Å²) < 4.78 is 5.14. The highest BCUT2D eigenvalue weighted by Crippen LogP contribution is 2.23. The third-order valence-electron chi connectivity index (χ3n) is 4.96. The lowest BCUT2D eigenvalue weighted by Crippen LogP contribution is -2.44. The van der Waals surface area contributed by atoms with Gasteiger partial charge in [-0.05, 0) is 29.3 Å². The second kappa shape index (κ2) is 9.94. The van der Waals surface area contributed by atoms with E-state index in [1.807, 2.05) is 6.07 Å². The number of rotatable bonds is 9. The van der Waals surface area contributed by atoms with Crippen LogP contribution in [0.4, 0.5) is 16.2 Å². The monoisotopic (exact) mass is 452 g/mol. The molecule has 3 rings (SSSR count). The Bertz CT molecular complexity index is 1200. The Morgan fingerprint density at radius 3 is 2.33 bits per heavy atom. The minimum atomic E-state index is -1.17. The summed E-state index contributed by atoms with van der Waals surface area (Å²) in [4.78, 5) is 54.8. The predicted molar refractivity (Wildman–Crippen MR) is 123 cm³/mol. The number of aromatic nitrogens is 1. The molecule has 2 aromatic carbocycles. The summed E-state index contributed by atoms with van der Waals surface area (Å²) in [7, 11) is 4.77. The van der Waals surface area contributed by atoms with Crippen LogP contribution in [0.1, 0.15) is 11.1 Å². The van der Waals surface area contributed by atoms with Gasteiger partial charge in [-0.3, -0.25) is 14.6 Å². The topological polar surface area (TPSA) is 129 Å². The Morgan fingerprint density at radius 2 is 1.76 bits per heavy atom. The highest BCUT2D eigenvalue weighted by Gasteiger charge is 2.28. The first kappa shape index (κ1) is 23.5. The Labute approximate surface area is 189 Å². The molecule has 10 nitrogen and oxygen atoms in total. The Balaban J connectivity index is 1.73. The molecule has 0 saturated carbocycles. The van der Waals surface area contributed by atoms with Gasteiger partial charge in [-0.15, -0.1) is 0 Å². The summed E-state index contributed by atoms with van der Waals surface area (Å²) in [5.74, 6) is -0.855. The minimum absolute atomic E-state index is 0.0182. The smallest absolute Gasteiger partial charge is 0.414 e. The van der Waals surface area contributed by atoms with Gasteiger partial charge in [0.15, 0.2) is 0 Å². The highest BCUT2D eigenvalue weighted by molar-refractivity contribution is 5.83. The van der Waals surface area contributed by atoms with E-state index in [1.165, 1.54) is 4.90 Å². The van der Waals surface area contributed by atoms with Crippen molar-refractivity contribution in [1.82, 2.24) is 9.88 Å². The lowest BCUT2D eigenvalue weighted by atomic mass is 10.0. The van der Waals surface area contributed by atoms with E-state index in [2.05, 4.69) is 10.3 Å². The van der Waals surface area contributed by atoms with Gasteiger partial charge in [0.25, 0.3) is 10.9 Å². The molecule has 1 unspecified atom stereocenters. The Hall–Kier alpha value is -4.21. The first-order valence-electron chi connectivity index (χ1n) is 10.1. The second-order valence-corrected chi connectivity index (χ2v) is 7.74.